The highest BCUT2D eigenvalue weighted by Gasteiger charge is 2.18. The molecule has 1 aromatic carbocycles. The van der Waals surface area contributed by atoms with E-state index in [1.165, 1.54) is 7.05 Å². The zero-order valence-corrected chi connectivity index (χ0v) is 7.73. The lowest BCUT2D eigenvalue weighted by Gasteiger charge is -2.17. The molecule has 0 aliphatic carbocycles. The van der Waals surface area contributed by atoms with Gasteiger partial charge in [-0.25, -0.2) is 14.5 Å². The van der Waals surface area contributed by atoms with Gasteiger partial charge >= 0.3 is 12.1 Å². The summed E-state index contributed by atoms with van der Waals surface area (Å²) in [4.78, 5) is 23.1. The lowest BCUT2D eigenvalue weighted by molar-refractivity contribution is 0.239. The zero-order valence-electron chi connectivity index (χ0n) is 7.73. The minimum absolute atomic E-state index is 0.444. The summed E-state index contributed by atoms with van der Waals surface area (Å²) >= 11 is 0. The van der Waals surface area contributed by atoms with Crippen LogP contribution in [0.25, 0.3) is 0 Å². The number of nitrogens with one attached hydrogen (secondary N) is 1. The van der Waals surface area contributed by atoms with E-state index in [4.69, 9.17) is 5.73 Å². The van der Waals surface area contributed by atoms with Crippen LogP contribution in [-0.4, -0.2) is 19.1 Å². The highest BCUT2D eigenvalue weighted by Crippen LogP contribution is 2.12. The number of carbonyl (C=O) groups is 2. The van der Waals surface area contributed by atoms with E-state index in [1.807, 2.05) is 0 Å². The molecule has 1 rings (SSSR count). The van der Waals surface area contributed by atoms with Crippen LogP contribution in [0, 0.1) is 0 Å². The van der Waals surface area contributed by atoms with Crippen LogP contribution in [0.5, 0.6) is 0 Å². The van der Waals surface area contributed by atoms with Crippen molar-refractivity contribution in [2.24, 2.45) is 5.73 Å². The number of anilines is 1. The Labute approximate surface area is 81.5 Å². The first-order valence-corrected chi connectivity index (χ1v) is 4.03. The Morgan fingerprint density at radius 1 is 1.29 bits per heavy atom. The van der Waals surface area contributed by atoms with Crippen molar-refractivity contribution in [3.05, 3.63) is 30.3 Å². The molecule has 1 aromatic rings. The van der Waals surface area contributed by atoms with E-state index in [-0.39, 0.29) is 0 Å². The highest BCUT2D eigenvalue weighted by molar-refractivity contribution is 6.12. The molecule has 0 radical (unpaired) electrons. The summed E-state index contributed by atoms with van der Waals surface area (Å²) in [5, 5.41) is 2.33. The predicted octanol–water partition coefficient (Wildman–Crippen LogP) is 0.911. The summed E-state index contributed by atoms with van der Waals surface area (Å²) in [7, 11) is 1.43. The first-order chi connectivity index (χ1) is 6.66. The molecule has 5 heteroatoms. The van der Waals surface area contributed by atoms with Crippen LogP contribution in [0.1, 0.15) is 0 Å². The minimum Gasteiger partial charge on any atom is -0.351 e. The van der Waals surface area contributed by atoms with Crippen molar-refractivity contribution in [2.75, 3.05) is 11.9 Å². The number of urea groups is 2. The number of primary amides is 1. The number of nitrogens with two attached hydrogens (primary N) is 1. The van der Waals surface area contributed by atoms with Gasteiger partial charge in [0.25, 0.3) is 0 Å². The lowest BCUT2D eigenvalue weighted by Crippen LogP contribution is -2.45. The molecule has 0 saturated carbocycles. The van der Waals surface area contributed by atoms with Crippen LogP contribution in [-0.2, 0) is 0 Å². The maximum absolute atomic E-state index is 11.3. The Hall–Kier alpha value is -2.04. The number of amides is 4. The van der Waals surface area contributed by atoms with E-state index in [1.54, 1.807) is 30.3 Å². The van der Waals surface area contributed by atoms with Gasteiger partial charge in [0.15, 0.2) is 0 Å². The van der Waals surface area contributed by atoms with E-state index >= 15 is 0 Å². The summed E-state index contributed by atoms with van der Waals surface area (Å²) in [6.45, 7) is 0. The smallest absolute Gasteiger partial charge is 0.329 e. The topological polar surface area (TPSA) is 75.4 Å². The lowest BCUT2D eigenvalue weighted by atomic mass is 10.3. The Kier molecular flexibility index (Phi) is 3.06. The van der Waals surface area contributed by atoms with Crippen molar-refractivity contribution in [1.82, 2.24) is 5.32 Å². The number of benzene rings is 1. The van der Waals surface area contributed by atoms with Crippen molar-refractivity contribution < 1.29 is 9.59 Å². The van der Waals surface area contributed by atoms with Gasteiger partial charge in [-0.15, -0.1) is 0 Å². The fourth-order valence-corrected chi connectivity index (χ4v) is 1.03. The molecule has 0 heterocycles. The van der Waals surface area contributed by atoms with Crippen molar-refractivity contribution in [1.29, 1.82) is 0 Å². The van der Waals surface area contributed by atoms with Crippen LogP contribution in [0.15, 0.2) is 30.3 Å². The molecule has 3 N–H and O–H groups in total. The molecule has 0 aliphatic rings. The van der Waals surface area contributed by atoms with Gasteiger partial charge in [0, 0.05) is 7.05 Å². The summed E-state index contributed by atoms with van der Waals surface area (Å²) in [6, 6.07) is 7.11. The summed E-state index contributed by atoms with van der Waals surface area (Å²) in [5.74, 6) is 0. The Bertz CT molecular complexity index is 337. The van der Waals surface area contributed by atoms with Crippen LogP contribution < -0.4 is 16.0 Å². The van der Waals surface area contributed by atoms with Crippen molar-refractivity contribution in [2.45, 2.75) is 0 Å². The largest absolute Gasteiger partial charge is 0.351 e. The molecule has 0 bridgehead atoms. The third-order valence-corrected chi connectivity index (χ3v) is 1.65. The predicted molar refractivity (Wildman–Crippen MR) is 53.0 cm³/mol. The number of nitrogens with zero attached hydrogens (tertiary/aromatic N) is 1. The molecule has 0 aromatic heterocycles. The molecule has 5 nitrogen and oxygen atoms in total. The molecule has 4 amide bonds. The van der Waals surface area contributed by atoms with Gasteiger partial charge < -0.3 is 11.1 Å². The first kappa shape index (κ1) is 10.0. The van der Waals surface area contributed by atoms with E-state index in [0.717, 1.165) is 4.90 Å². The maximum Gasteiger partial charge on any atom is 0.329 e. The van der Waals surface area contributed by atoms with E-state index in [2.05, 4.69) is 5.32 Å². The fraction of sp³-hybridized carbons (Fsp3) is 0.111. The molecule has 0 spiro atoms. The Morgan fingerprint density at radius 3 is 2.29 bits per heavy atom. The normalized spacial score (nSPS) is 9.21. The standard InChI is InChI=1S/C9H11N3O2/c1-11-9(14)12(8(10)13)7-5-3-2-4-6-7/h2-6H,1H3,(H2,10,13)(H,11,14). The number of rotatable bonds is 1. The van der Waals surface area contributed by atoms with Crippen molar-refractivity contribution >= 4 is 17.7 Å². The fourth-order valence-electron chi connectivity index (χ4n) is 1.03. The average Bonchev–Trinajstić information content (AvgIpc) is 2.19. The third kappa shape index (κ3) is 2.01. The van der Waals surface area contributed by atoms with Crippen molar-refractivity contribution in [3.63, 3.8) is 0 Å². The summed E-state index contributed by atoms with van der Waals surface area (Å²) in [6.07, 6.45) is 0. The molecular weight excluding hydrogens is 182 g/mol. The van der Waals surface area contributed by atoms with Gasteiger partial charge in [0.1, 0.15) is 0 Å². The quantitative estimate of drug-likeness (QED) is 0.695. The number of para-hydroxylation sites is 1. The second-order valence-electron chi connectivity index (χ2n) is 2.56. The van der Waals surface area contributed by atoms with Gasteiger partial charge in [-0.3, -0.25) is 0 Å². The Morgan fingerprint density at radius 2 is 1.86 bits per heavy atom. The zero-order chi connectivity index (χ0) is 10.6. The number of imide groups is 1. The Balaban J connectivity index is 3.01. The van der Waals surface area contributed by atoms with E-state index in [0.29, 0.717) is 5.69 Å². The van der Waals surface area contributed by atoms with Crippen LogP contribution >= 0.6 is 0 Å². The van der Waals surface area contributed by atoms with Crippen LogP contribution in [0.2, 0.25) is 0 Å². The molecule has 0 unspecified atom stereocenters. The second-order valence-corrected chi connectivity index (χ2v) is 2.56. The maximum atomic E-state index is 11.3. The highest BCUT2D eigenvalue weighted by atomic mass is 16.2. The van der Waals surface area contributed by atoms with E-state index < -0.39 is 12.1 Å². The SMILES string of the molecule is CNC(=O)N(C(N)=O)c1ccccc1. The van der Waals surface area contributed by atoms with Gasteiger partial charge in [-0.05, 0) is 12.1 Å². The molecule has 0 atom stereocenters. The molecule has 14 heavy (non-hydrogen) atoms. The summed E-state index contributed by atoms with van der Waals surface area (Å²) in [5.41, 5.74) is 5.52. The molecular formula is C9H11N3O2. The van der Waals surface area contributed by atoms with E-state index in [9.17, 15) is 9.59 Å². The molecule has 74 valence electrons. The third-order valence-electron chi connectivity index (χ3n) is 1.65. The van der Waals surface area contributed by atoms with Crippen molar-refractivity contribution in [3.8, 4) is 0 Å². The van der Waals surface area contributed by atoms with Gasteiger partial charge in [0.05, 0.1) is 5.69 Å². The molecule has 0 aliphatic heterocycles. The minimum atomic E-state index is -0.810. The number of hydrogen-bond donors (Lipinski definition) is 2. The van der Waals surface area contributed by atoms with Gasteiger partial charge in [0.2, 0.25) is 0 Å². The number of hydrogen-bond acceptors (Lipinski definition) is 2. The first-order valence-electron chi connectivity index (χ1n) is 4.03. The second kappa shape index (κ2) is 4.27. The monoisotopic (exact) mass is 193 g/mol. The van der Waals surface area contributed by atoms with Gasteiger partial charge in [-0.1, -0.05) is 18.2 Å². The van der Waals surface area contributed by atoms with Crippen LogP contribution in [0.3, 0.4) is 0 Å². The van der Waals surface area contributed by atoms with Gasteiger partial charge in [-0.2, -0.15) is 0 Å². The average molecular weight is 193 g/mol. The summed E-state index contributed by atoms with van der Waals surface area (Å²) < 4.78 is 0. The molecule has 0 saturated heterocycles. The van der Waals surface area contributed by atoms with Crippen LogP contribution in [0.4, 0.5) is 15.3 Å². The molecule has 0 fully saturated rings. The number of carbonyl (C=O) groups excluding carboxylic acids is 2.